The summed E-state index contributed by atoms with van der Waals surface area (Å²) in [5.74, 6) is -1.41. The van der Waals surface area contributed by atoms with Crippen molar-refractivity contribution in [2.45, 2.75) is 95.0 Å². The van der Waals surface area contributed by atoms with E-state index in [0.29, 0.717) is 30.0 Å². The van der Waals surface area contributed by atoms with Crippen molar-refractivity contribution >= 4 is 35.4 Å². The number of ether oxygens (including phenoxy) is 1. The second kappa shape index (κ2) is 14.0. The second-order valence-corrected chi connectivity index (χ2v) is 11.4. The van der Waals surface area contributed by atoms with Gasteiger partial charge in [-0.05, 0) is 55.7 Å². The fraction of sp³-hybridized carbons (Fsp3) is 0.643. The molecule has 1 saturated heterocycles. The molecule has 214 valence electrons. The van der Waals surface area contributed by atoms with E-state index in [4.69, 9.17) is 16.3 Å². The van der Waals surface area contributed by atoms with Crippen LogP contribution in [0.3, 0.4) is 0 Å². The number of alkyl carbamates (subject to hydrolysis) is 1. The van der Waals surface area contributed by atoms with Gasteiger partial charge >= 0.3 is 6.09 Å². The predicted molar refractivity (Wildman–Crippen MR) is 145 cm³/mol. The van der Waals surface area contributed by atoms with Gasteiger partial charge < -0.3 is 31.1 Å². The topological polar surface area (TPSA) is 146 Å². The van der Waals surface area contributed by atoms with Crippen LogP contribution in [0.15, 0.2) is 24.3 Å². The van der Waals surface area contributed by atoms with Gasteiger partial charge in [-0.15, -0.1) is 0 Å². The molecule has 10 nitrogen and oxygen atoms in total. The first-order valence-electron chi connectivity index (χ1n) is 14.0. The normalized spacial score (nSPS) is 21.8. The van der Waals surface area contributed by atoms with E-state index in [0.717, 1.165) is 44.9 Å². The van der Waals surface area contributed by atoms with E-state index in [9.17, 15) is 24.3 Å². The zero-order valence-electron chi connectivity index (χ0n) is 22.1. The van der Waals surface area contributed by atoms with Crippen molar-refractivity contribution < 1.29 is 29.0 Å². The molecule has 3 aliphatic rings. The number of nitrogens with one attached hydrogen (secondary N) is 4. The van der Waals surface area contributed by atoms with Crippen LogP contribution in [0.5, 0.6) is 0 Å². The molecule has 0 aromatic heterocycles. The van der Waals surface area contributed by atoms with Crippen LogP contribution in [0.1, 0.15) is 69.8 Å². The van der Waals surface area contributed by atoms with Gasteiger partial charge in [0.05, 0.1) is 6.04 Å². The van der Waals surface area contributed by atoms with Gasteiger partial charge in [0.25, 0.3) is 5.91 Å². The van der Waals surface area contributed by atoms with Crippen LogP contribution in [0.25, 0.3) is 0 Å². The molecule has 1 aromatic rings. The van der Waals surface area contributed by atoms with Crippen LogP contribution in [0.4, 0.5) is 4.79 Å². The van der Waals surface area contributed by atoms with Crippen LogP contribution in [0.2, 0.25) is 5.02 Å². The minimum Gasteiger partial charge on any atom is -0.445 e. The first-order valence-corrected chi connectivity index (χ1v) is 14.4. The maximum atomic E-state index is 13.6. The number of amides is 4. The highest BCUT2D eigenvalue weighted by Gasteiger charge is 2.37. The molecule has 4 rings (SSSR count). The Morgan fingerprint density at radius 3 is 2.46 bits per heavy atom. The first-order chi connectivity index (χ1) is 18.8. The Kier molecular flexibility index (Phi) is 10.4. The molecule has 4 atom stereocenters. The average Bonchev–Trinajstić information content (AvgIpc) is 3.65. The van der Waals surface area contributed by atoms with Gasteiger partial charge in [-0.25, -0.2) is 4.79 Å². The molecule has 1 heterocycles. The second-order valence-electron chi connectivity index (χ2n) is 11.0. The van der Waals surface area contributed by atoms with E-state index in [1.54, 1.807) is 24.3 Å². The summed E-state index contributed by atoms with van der Waals surface area (Å²) in [6, 6.07) is 5.09. The lowest BCUT2D eigenvalue weighted by Crippen LogP contribution is -2.56. The summed E-state index contributed by atoms with van der Waals surface area (Å²) >= 11 is 6.01. The summed E-state index contributed by atoms with van der Waals surface area (Å²) in [5.41, 5.74) is 0.714. The SMILES string of the molecule is O=C(NC(CC1CCCCC1)C(=O)NC(C[C@@H]1CCNC1=O)C(O)C(=O)NC1CC1)OCc1cccc(Cl)c1. The standard InChI is InChI=1S/C28H39ClN4O6/c29-20-8-4-7-18(13-20)16-39-28(38)33-23(14-17-5-2-1-3-6-17)26(36)32-22(15-19-11-12-30-25(19)35)24(34)27(37)31-21-9-10-21/h4,7-8,13,17,19,21-24,34H,1-3,5-6,9-12,14-16H2,(H,30,35)(H,31,37)(H,32,36)(H,33,38)/t19-,22?,23?,24?/m0/s1. The van der Waals surface area contributed by atoms with Crippen molar-refractivity contribution in [1.82, 2.24) is 21.3 Å². The van der Waals surface area contributed by atoms with Crippen LogP contribution in [-0.2, 0) is 25.7 Å². The number of benzene rings is 1. The van der Waals surface area contributed by atoms with Crippen LogP contribution in [-0.4, -0.2) is 59.7 Å². The van der Waals surface area contributed by atoms with E-state index in [-0.39, 0.29) is 30.9 Å². The lowest BCUT2D eigenvalue weighted by atomic mass is 9.84. The molecule has 2 aliphatic carbocycles. The van der Waals surface area contributed by atoms with Gasteiger partial charge in [0.15, 0.2) is 6.10 Å². The molecule has 2 saturated carbocycles. The minimum absolute atomic E-state index is 0.0103. The Balaban J connectivity index is 1.43. The fourth-order valence-corrected chi connectivity index (χ4v) is 5.58. The van der Waals surface area contributed by atoms with E-state index in [2.05, 4.69) is 21.3 Å². The molecule has 1 aliphatic heterocycles. The summed E-state index contributed by atoms with van der Waals surface area (Å²) in [4.78, 5) is 51.2. The monoisotopic (exact) mass is 562 g/mol. The summed E-state index contributed by atoms with van der Waals surface area (Å²) in [6.45, 7) is 0.502. The van der Waals surface area contributed by atoms with Crippen LogP contribution < -0.4 is 21.3 Å². The van der Waals surface area contributed by atoms with Gasteiger partial charge in [0.2, 0.25) is 11.8 Å². The lowest BCUT2D eigenvalue weighted by molar-refractivity contribution is -0.134. The molecule has 0 radical (unpaired) electrons. The van der Waals surface area contributed by atoms with Gasteiger partial charge in [0.1, 0.15) is 12.6 Å². The zero-order chi connectivity index (χ0) is 27.8. The number of hydrogen-bond acceptors (Lipinski definition) is 6. The number of aliphatic hydroxyl groups excluding tert-OH is 1. The Labute approximate surface area is 233 Å². The Morgan fingerprint density at radius 1 is 1.03 bits per heavy atom. The third-order valence-electron chi connectivity index (χ3n) is 7.76. The number of rotatable bonds is 12. The third kappa shape index (κ3) is 9.10. The van der Waals surface area contributed by atoms with Gasteiger partial charge in [-0.3, -0.25) is 14.4 Å². The quantitative estimate of drug-likeness (QED) is 0.265. The van der Waals surface area contributed by atoms with Crippen molar-refractivity contribution in [1.29, 1.82) is 0 Å². The smallest absolute Gasteiger partial charge is 0.408 e. The summed E-state index contributed by atoms with van der Waals surface area (Å²) in [7, 11) is 0. The summed E-state index contributed by atoms with van der Waals surface area (Å²) < 4.78 is 5.36. The van der Waals surface area contributed by atoms with Crippen molar-refractivity contribution in [3.05, 3.63) is 34.9 Å². The fourth-order valence-electron chi connectivity index (χ4n) is 5.37. The van der Waals surface area contributed by atoms with E-state index in [1.165, 1.54) is 0 Å². The first kappa shape index (κ1) is 29.1. The summed E-state index contributed by atoms with van der Waals surface area (Å²) in [6.07, 6.45) is 5.73. The largest absolute Gasteiger partial charge is 0.445 e. The van der Waals surface area contributed by atoms with Crippen molar-refractivity contribution in [3.63, 3.8) is 0 Å². The van der Waals surface area contributed by atoms with E-state index >= 15 is 0 Å². The number of hydrogen-bond donors (Lipinski definition) is 5. The maximum absolute atomic E-state index is 13.6. The Bertz CT molecular complexity index is 1030. The molecular formula is C28H39ClN4O6. The van der Waals surface area contributed by atoms with Crippen molar-refractivity contribution in [2.75, 3.05) is 6.54 Å². The average molecular weight is 563 g/mol. The number of aliphatic hydroxyl groups is 1. The maximum Gasteiger partial charge on any atom is 0.408 e. The summed E-state index contributed by atoms with van der Waals surface area (Å²) in [5, 5.41) is 22.4. The molecule has 0 bridgehead atoms. The van der Waals surface area contributed by atoms with E-state index < -0.39 is 42.0 Å². The molecule has 0 spiro atoms. The van der Waals surface area contributed by atoms with Crippen molar-refractivity contribution in [3.8, 4) is 0 Å². The Morgan fingerprint density at radius 2 is 1.79 bits per heavy atom. The number of carbonyl (C=O) groups is 4. The Hall–Kier alpha value is -2.85. The van der Waals surface area contributed by atoms with Crippen molar-refractivity contribution in [2.24, 2.45) is 11.8 Å². The van der Waals surface area contributed by atoms with Crippen LogP contribution >= 0.6 is 11.6 Å². The number of carbonyl (C=O) groups excluding carboxylic acids is 4. The van der Waals surface area contributed by atoms with Crippen LogP contribution in [0, 0.1) is 11.8 Å². The van der Waals surface area contributed by atoms with E-state index in [1.807, 2.05) is 0 Å². The molecule has 1 aromatic carbocycles. The molecule has 3 unspecified atom stereocenters. The highest BCUT2D eigenvalue weighted by molar-refractivity contribution is 6.30. The lowest BCUT2D eigenvalue weighted by Gasteiger charge is -2.30. The van der Waals surface area contributed by atoms with Gasteiger partial charge in [-0.2, -0.15) is 0 Å². The molecule has 4 amide bonds. The van der Waals surface area contributed by atoms with Gasteiger partial charge in [0, 0.05) is 23.5 Å². The highest BCUT2D eigenvalue weighted by Crippen LogP contribution is 2.28. The zero-order valence-corrected chi connectivity index (χ0v) is 22.9. The minimum atomic E-state index is -1.52. The molecule has 39 heavy (non-hydrogen) atoms. The van der Waals surface area contributed by atoms with Gasteiger partial charge in [-0.1, -0.05) is 55.8 Å². The third-order valence-corrected chi connectivity index (χ3v) is 8.00. The molecule has 11 heteroatoms. The molecule has 5 N–H and O–H groups in total. The molecule has 3 fully saturated rings. The number of halogens is 1. The highest BCUT2D eigenvalue weighted by atomic mass is 35.5. The predicted octanol–water partition coefficient (Wildman–Crippen LogP) is 2.56. The molecular weight excluding hydrogens is 524 g/mol.